The molecule has 0 radical (unpaired) electrons. The van der Waals surface area contributed by atoms with E-state index in [0.29, 0.717) is 29.5 Å². The summed E-state index contributed by atoms with van der Waals surface area (Å²) in [7, 11) is 0. The van der Waals surface area contributed by atoms with Crippen molar-refractivity contribution in [2.24, 2.45) is 0 Å². The highest BCUT2D eigenvalue weighted by atomic mass is 16.6. The van der Waals surface area contributed by atoms with E-state index in [2.05, 4.69) is 10.3 Å². The Hall–Kier alpha value is -5.38. The number of carbonyl (C=O) groups excluding carboxylic acids is 2. The summed E-state index contributed by atoms with van der Waals surface area (Å²) >= 11 is 0. The number of benzene rings is 3. The third-order valence-electron chi connectivity index (χ3n) is 6.60. The summed E-state index contributed by atoms with van der Waals surface area (Å²) < 4.78 is 11.5. The molecule has 2 heterocycles. The van der Waals surface area contributed by atoms with Crippen LogP contribution in [-0.4, -0.2) is 47.3 Å². The quantitative estimate of drug-likeness (QED) is 0.253. The van der Waals surface area contributed by atoms with Gasteiger partial charge in [-0.1, -0.05) is 54.6 Å². The molecule has 3 aromatic carbocycles. The van der Waals surface area contributed by atoms with Crippen LogP contribution >= 0.6 is 0 Å². The van der Waals surface area contributed by atoms with Crippen LogP contribution in [0.1, 0.15) is 18.4 Å². The number of aliphatic carboxylic acids is 1. The van der Waals surface area contributed by atoms with E-state index in [1.54, 1.807) is 42.6 Å². The van der Waals surface area contributed by atoms with Gasteiger partial charge in [0.15, 0.2) is 0 Å². The van der Waals surface area contributed by atoms with Gasteiger partial charge in [-0.2, -0.15) is 0 Å². The minimum absolute atomic E-state index is 0.00627. The molecule has 1 atom stereocenters. The average Bonchev–Trinajstić information content (AvgIpc) is 3.01. The van der Waals surface area contributed by atoms with Crippen LogP contribution in [0.25, 0.3) is 0 Å². The van der Waals surface area contributed by atoms with E-state index in [1.165, 1.54) is 4.90 Å². The summed E-state index contributed by atoms with van der Waals surface area (Å²) in [4.78, 5) is 45.0. The summed E-state index contributed by atoms with van der Waals surface area (Å²) in [6.45, 7) is 0.486. The number of rotatable bonds is 10. The number of fused-ring (bicyclic) bond motifs is 1. The van der Waals surface area contributed by atoms with Crippen LogP contribution in [0.5, 0.6) is 5.75 Å². The Morgan fingerprint density at radius 1 is 0.976 bits per heavy atom. The van der Waals surface area contributed by atoms with Crippen LogP contribution in [0.15, 0.2) is 103 Å². The number of pyridine rings is 1. The lowest BCUT2D eigenvalue weighted by molar-refractivity contribution is -0.138. The van der Waals surface area contributed by atoms with Crippen molar-refractivity contribution >= 4 is 40.8 Å². The lowest BCUT2D eigenvalue weighted by Gasteiger charge is -2.36. The van der Waals surface area contributed by atoms with Gasteiger partial charge in [0, 0.05) is 30.5 Å². The van der Waals surface area contributed by atoms with E-state index in [-0.39, 0.29) is 31.9 Å². The Morgan fingerprint density at radius 3 is 2.43 bits per heavy atom. The molecule has 0 bridgehead atoms. The molecule has 10 nitrogen and oxygen atoms in total. The van der Waals surface area contributed by atoms with Crippen molar-refractivity contribution in [3.05, 3.63) is 109 Å². The first-order valence-electron chi connectivity index (χ1n) is 13.5. The molecule has 1 aliphatic heterocycles. The Labute approximate surface area is 243 Å². The molecule has 42 heavy (non-hydrogen) atoms. The second kappa shape index (κ2) is 13.3. The van der Waals surface area contributed by atoms with Crippen LogP contribution in [0.4, 0.5) is 27.7 Å². The van der Waals surface area contributed by atoms with Gasteiger partial charge >= 0.3 is 12.1 Å². The second-order valence-electron chi connectivity index (χ2n) is 9.64. The number of para-hydroxylation sites is 1. The van der Waals surface area contributed by atoms with E-state index in [4.69, 9.17) is 9.47 Å². The minimum Gasteiger partial charge on any atom is -0.486 e. The van der Waals surface area contributed by atoms with Gasteiger partial charge in [0.1, 0.15) is 24.3 Å². The Bertz CT molecular complexity index is 1520. The molecule has 0 fully saturated rings. The summed E-state index contributed by atoms with van der Waals surface area (Å²) in [5.74, 6) is -0.344. The monoisotopic (exact) mass is 566 g/mol. The molecule has 5 rings (SSSR count). The summed E-state index contributed by atoms with van der Waals surface area (Å²) in [5, 5.41) is 12.2. The van der Waals surface area contributed by atoms with Gasteiger partial charge in [0.05, 0.1) is 18.7 Å². The number of hydrogen-bond donors (Lipinski definition) is 2. The lowest BCUT2D eigenvalue weighted by atomic mass is 10.1. The zero-order valence-corrected chi connectivity index (χ0v) is 22.8. The van der Waals surface area contributed by atoms with Gasteiger partial charge in [-0.15, -0.1) is 0 Å². The van der Waals surface area contributed by atoms with Gasteiger partial charge in [-0.25, -0.2) is 9.78 Å². The molecule has 10 heteroatoms. The zero-order chi connectivity index (χ0) is 29.3. The third-order valence-corrected chi connectivity index (χ3v) is 6.60. The van der Waals surface area contributed by atoms with Crippen molar-refractivity contribution in [2.45, 2.75) is 25.6 Å². The number of carboxylic acids is 1. The first-order valence-corrected chi connectivity index (χ1v) is 13.5. The van der Waals surface area contributed by atoms with Gasteiger partial charge in [-0.05, 0) is 48.0 Å². The number of anilines is 4. The SMILES string of the molecule is O=C(O)CC1CN(c2ccccc2)c2cc(NC(=O)CCN(C(=O)OCc3ccccc3)c3ccccn3)ccc2O1. The Balaban J connectivity index is 1.27. The molecule has 1 aliphatic rings. The first kappa shape index (κ1) is 28.2. The fraction of sp³-hybridized carbons (Fsp3) is 0.188. The number of hydrogen-bond acceptors (Lipinski definition) is 7. The van der Waals surface area contributed by atoms with Crippen molar-refractivity contribution in [3.8, 4) is 5.75 Å². The normalized spacial score (nSPS) is 13.8. The highest BCUT2D eigenvalue weighted by Gasteiger charge is 2.29. The van der Waals surface area contributed by atoms with E-state index in [1.807, 2.05) is 65.6 Å². The van der Waals surface area contributed by atoms with Gasteiger partial charge in [0.2, 0.25) is 5.91 Å². The van der Waals surface area contributed by atoms with Crippen molar-refractivity contribution in [2.75, 3.05) is 28.2 Å². The van der Waals surface area contributed by atoms with Crippen molar-refractivity contribution < 1.29 is 29.0 Å². The number of ether oxygens (including phenoxy) is 2. The van der Waals surface area contributed by atoms with Gasteiger partial charge < -0.3 is 24.8 Å². The minimum atomic E-state index is -0.941. The number of nitrogens with zero attached hydrogens (tertiary/aromatic N) is 3. The summed E-state index contributed by atoms with van der Waals surface area (Å²) in [5.41, 5.74) is 2.97. The fourth-order valence-corrected chi connectivity index (χ4v) is 4.62. The van der Waals surface area contributed by atoms with Gasteiger partial charge in [-0.3, -0.25) is 14.5 Å². The number of carbonyl (C=O) groups is 3. The molecular weight excluding hydrogens is 536 g/mol. The van der Waals surface area contributed by atoms with E-state index in [0.717, 1.165) is 11.3 Å². The van der Waals surface area contributed by atoms with Crippen molar-refractivity contribution in [1.29, 1.82) is 0 Å². The molecule has 1 unspecified atom stereocenters. The molecule has 0 spiro atoms. The molecule has 2 N–H and O–H groups in total. The molecule has 0 aliphatic carbocycles. The van der Waals surface area contributed by atoms with Crippen LogP contribution in [0, 0.1) is 0 Å². The topological polar surface area (TPSA) is 121 Å². The number of nitrogens with one attached hydrogen (secondary N) is 1. The molecule has 0 saturated heterocycles. The van der Waals surface area contributed by atoms with Crippen LogP contribution in [-0.2, 0) is 20.9 Å². The van der Waals surface area contributed by atoms with E-state index < -0.39 is 18.2 Å². The maximum Gasteiger partial charge on any atom is 0.415 e. The van der Waals surface area contributed by atoms with Crippen LogP contribution in [0.2, 0.25) is 0 Å². The highest BCUT2D eigenvalue weighted by molar-refractivity contribution is 5.94. The predicted octanol–water partition coefficient (Wildman–Crippen LogP) is 5.63. The summed E-state index contributed by atoms with van der Waals surface area (Å²) in [6.07, 6.45) is 0.289. The molecular formula is C32H30N4O6. The zero-order valence-electron chi connectivity index (χ0n) is 22.8. The predicted molar refractivity (Wildman–Crippen MR) is 158 cm³/mol. The molecule has 214 valence electrons. The third kappa shape index (κ3) is 7.22. The molecule has 2 amide bonds. The first-order chi connectivity index (χ1) is 20.5. The highest BCUT2D eigenvalue weighted by Crippen LogP contribution is 2.40. The number of amides is 2. The fourth-order valence-electron chi connectivity index (χ4n) is 4.62. The maximum absolute atomic E-state index is 13.0. The maximum atomic E-state index is 13.0. The van der Waals surface area contributed by atoms with Crippen LogP contribution < -0.4 is 19.9 Å². The van der Waals surface area contributed by atoms with E-state index >= 15 is 0 Å². The average molecular weight is 567 g/mol. The van der Waals surface area contributed by atoms with Crippen LogP contribution in [0.3, 0.4) is 0 Å². The smallest absolute Gasteiger partial charge is 0.415 e. The van der Waals surface area contributed by atoms with Gasteiger partial charge in [0.25, 0.3) is 0 Å². The van der Waals surface area contributed by atoms with Crippen molar-refractivity contribution in [1.82, 2.24) is 4.98 Å². The summed E-state index contributed by atoms with van der Waals surface area (Å²) in [6, 6.07) is 29.3. The Kier molecular flexibility index (Phi) is 8.93. The Morgan fingerprint density at radius 2 is 1.71 bits per heavy atom. The molecule has 4 aromatic rings. The van der Waals surface area contributed by atoms with E-state index in [9.17, 15) is 19.5 Å². The lowest BCUT2D eigenvalue weighted by Crippen LogP contribution is -2.38. The number of aromatic nitrogens is 1. The standard InChI is InChI=1S/C32H30N4O6/c37-30(16-18-35(29-13-7-8-17-33-29)32(40)41-22-23-9-3-1-4-10-23)34-24-14-15-28-27(19-24)36(25-11-5-2-6-12-25)21-26(42-28)20-31(38)39/h1-15,17,19,26H,16,18,20-22H2,(H,34,37)(H,38,39). The largest absolute Gasteiger partial charge is 0.486 e. The van der Waals surface area contributed by atoms with Crippen molar-refractivity contribution in [3.63, 3.8) is 0 Å². The number of carboxylic acid groups (broad SMARTS) is 1. The molecule has 0 saturated carbocycles. The molecule has 1 aromatic heterocycles. The second-order valence-corrected chi connectivity index (χ2v) is 9.64.